The van der Waals surface area contributed by atoms with Crippen molar-refractivity contribution in [2.75, 3.05) is 13.2 Å². The third-order valence-corrected chi connectivity index (χ3v) is 7.05. The zero-order valence-corrected chi connectivity index (χ0v) is 24.8. The van der Waals surface area contributed by atoms with Gasteiger partial charge in [0.1, 0.15) is 11.5 Å². The summed E-state index contributed by atoms with van der Waals surface area (Å²) in [5, 5.41) is 0. The summed E-state index contributed by atoms with van der Waals surface area (Å²) in [5.41, 5.74) is 2.95. The van der Waals surface area contributed by atoms with Gasteiger partial charge >= 0.3 is 0 Å². The molecule has 1 heterocycles. The van der Waals surface area contributed by atoms with Crippen LogP contribution in [-0.4, -0.2) is 23.2 Å². The molecule has 0 atom stereocenters. The number of hydrogen-bond acceptors (Lipinski definition) is 4. The van der Waals surface area contributed by atoms with Crippen LogP contribution in [0.5, 0.6) is 11.5 Å². The minimum Gasteiger partial charge on any atom is -0.494 e. The number of aromatic nitrogens is 2. The van der Waals surface area contributed by atoms with Crippen LogP contribution in [0.25, 0.3) is 11.1 Å². The predicted octanol–water partition coefficient (Wildman–Crippen LogP) is 9.80. The number of unbranched alkanes of at least 4 members (excludes halogenated alkanes) is 12. The Balaban J connectivity index is 1.36. The Hall–Kier alpha value is -3.32. The first-order valence-corrected chi connectivity index (χ1v) is 15.6. The summed E-state index contributed by atoms with van der Waals surface area (Å²) in [7, 11) is 0. The summed E-state index contributed by atoms with van der Waals surface area (Å²) in [6.45, 7) is 6.06. The fourth-order valence-corrected chi connectivity index (χ4v) is 4.55. The Morgan fingerprint density at radius 3 is 1.45 bits per heavy atom. The number of benzene rings is 2. The van der Waals surface area contributed by atoms with Crippen LogP contribution < -0.4 is 9.47 Å². The van der Waals surface area contributed by atoms with E-state index in [2.05, 4.69) is 47.8 Å². The second-order valence-corrected chi connectivity index (χ2v) is 10.5. The van der Waals surface area contributed by atoms with Gasteiger partial charge in [-0.1, -0.05) is 109 Å². The first-order valence-electron chi connectivity index (χ1n) is 15.6. The van der Waals surface area contributed by atoms with E-state index >= 15 is 0 Å². The van der Waals surface area contributed by atoms with Crippen molar-refractivity contribution in [1.29, 1.82) is 0 Å². The standard InChI is InChI=1S/C36H48N2O2/c1-3-5-7-9-11-12-14-16-28-40-35-24-20-32(21-25-35)33-29-37-36(38-30-33)26-19-31-17-22-34(23-18-31)39-27-15-13-10-8-6-4-2/h17-18,20-25,29-30H,3-16,27-28H2,1-2H3. The highest BCUT2D eigenvalue weighted by Crippen LogP contribution is 2.22. The lowest BCUT2D eigenvalue weighted by Crippen LogP contribution is -1.97. The zero-order valence-electron chi connectivity index (χ0n) is 24.8. The molecule has 0 spiro atoms. The monoisotopic (exact) mass is 540 g/mol. The third kappa shape index (κ3) is 12.7. The number of nitrogens with zero attached hydrogens (tertiary/aromatic N) is 2. The Labute approximate surface area is 243 Å². The first kappa shape index (κ1) is 31.2. The minimum absolute atomic E-state index is 0.512. The molecule has 0 radical (unpaired) electrons. The van der Waals surface area contributed by atoms with Crippen LogP contribution in [0.4, 0.5) is 0 Å². The van der Waals surface area contributed by atoms with Crippen LogP contribution >= 0.6 is 0 Å². The van der Waals surface area contributed by atoms with Gasteiger partial charge in [-0.05, 0) is 60.7 Å². The number of rotatable bonds is 19. The Morgan fingerprint density at radius 2 is 0.950 bits per heavy atom. The number of hydrogen-bond donors (Lipinski definition) is 0. The summed E-state index contributed by atoms with van der Waals surface area (Å²) in [4.78, 5) is 8.89. The van der Waals surface area contributed by atoms with E-state index in [9.17, 15) is 0 Å². The normalized spacial score (nSPS) is 10.7. The van der Waals surface area contributed by atoms with Crippen LogP contribution in [0.2, 0.25) is 0 Å². The Morgan fingerprint density at radius 1 is 0.500 bits per heavy atom. The summed E-state index contributed by atoms with van der Waals surface area (Å²) in [6, 6.07) is 16.1. The molecule has 4 heteroatoms. The lowest BCUT2D eigenvalue weighted by Gasteiger charge is -2.07. The molecule has 3 rings (SSSR count). The molecule has 0 bridgehead atoms. The fourth-order valence-electron chi connectivity index (χ4n) is 4.55. The van der Waals surface area contributed by atoms with Crippen LogP contribution in [0.15, 0.2) is 60.9 Å². The van der Waals surface area contributed by atoms with E-state index in [4.69, 9.17) is 9.47 Å². The minimum atomic E-state index is 0.512. The number of ether oxygens (including phenoxy) is 2. The molecule has 0 N–H and O–H groups in total. The Bertz CT molecular complexity index is 1110. The smallest absolute Gasteiger partial charge is 0.205 e. The van der Waals surface area contributed by atoms with Crippen molar-refractivity contribution in [2.24, 2.45) is 0 Å². The second-order valence-electron chi connectivity index (χ2n) is 10.5. The van der Waals surface area contributed by atoms with Gasteiger partial charge in [0.25, 0.3) is 0 Å². The van der Waals surface area contributed by atoms with Crippen molar-refractivity contribution in [1.82, 2.24) is 9.97 Å². The average Bonchev–Trinajstić information content (AvgIpc) is 3.00. The van der Waals surface area contributed by atoms with Crippen molar-refractivity contribution in [3.63, 3.8) is 0 Å². The van der Waals surface area contributed by atoms with Crippen LogP contribution in [0.3, 0.4) is 0 Å². The van der Waals surface area contributed by atoms with E-state index in [1.807, 2.05) is 48.8 Å². The second kappa shape index (κ2) is 19.7. The zero-order chi connectivity index (χ0) is 28.1. The van der Waals surface area contributed by atoms with Gasteiger partial charge in [0, 0.05) is 23.5 Å². The molecule has 0 aliphatic heterocycles. The molecule has 0 aliphatic carbocycles. The molecule has 0 aliphatic rings. The summed E-state index contributed by atoms with van der Waals surface area (Å²) >= 11 is 0. The lowest BCUT2D eigenvalue weighted by atomic mass is 10.1. The summed E-state index contributed by atoms with van der Waals surface area (Å²) < 4.78 is 11.8. The highest BCUT2D eigenvalue weighted by molar-refractivity contribution is 5.62. The SMILES string of the molecule is CCCCCCCCCCOc1ccc(-c2cnc(C#Cc3ccc(OCCCCCCCC)cc3)nc2)cc1. The molecule has 40 heavy (non-hydrogen) atoms. The average molecular weight is 541 g/mol. The highest BCUT2D eigenvalue weighted by atomic mass is 16.5. The highest BCUT2D eigenvalue weighted by Gasteiger charge is 2.02. The van der Waals surface area contributed by atoms with Gasteiger partial charge < -0.3 is 9.47 Å². The van der Waals surface area contributed by atoms with Crippen LogP contribution in [0.1, 0.15) is 115 Å². The quantitative estimate of drug-likeness (QED) is 0.112. The molecule has 2 aromatic carbocycles. The van der Waals surface area contributed by atoms with Gasteiger partial charge in [-0.2, -0.15) is 0 Å². The van der Waals surface area contributed by atoms with E-state index in [0.717, 1.165) is 54.2 Å². The van der Waals surface area contributed by atoms with Crippen molar-refractivity contribution >= 4 is 0 Å². The maximum atomic E-state index is 5.93. The van der Waals surface area contributed by atoms with E-state index in [1.165, 1.54) is 77.0 Å². The summed E-state index contributed by atoms with van der Waals surface area (Å²) in [5.74, 6) is 8.52. The van der Waals surface area contributed by atoms with Gasteiger partial charge in [0.05, 0.1) is 13.2 Å². The van der Waals surface area contributed by atoms with Crippen LogP contribution in [-0.2, 0) is 0 Å². The largest absolute Gasteiger partial charge is 0.494 e. The van der Waals surface area contributed by atoms with Crippen LogP contribution in [0, 0.1) is 11.8 Å². The molecule has 0 fully saturated rings. The van der Waals surface area contributed by atoms with Gasteiger partial charge in [0.15, 0.2) is 0 Å². The van der Waals surface area contributed by atoms with Gasteiger partial charge in [-0.25, -0.2) is 9.97 Å². The van der Waals surface area contributed by atoms with E-state index in [0.29, 0.717) is 5.82 Å². The van der Waals surface area contributed by atoms with Crippen molar-refractivity contribution < 1.29 is 9.47 Å². The first-order chi connectivity index (χ1) is 19.8. The van der Waals surface area contributed by atoms with Gasteiger partial charge in [-0.15, -0.1) is 0 Å². The molecule has 3 aromatic rings. The van der Waals surface area contributed by atoms with E-state index < -0.39 is 0 Å². The van der Waals surface area contributed by atoms with Crippen molar-refractivity contribution in [3.8, 4) is 34.5 Å². The molecule has 0 amide bonds. The molecule has 0 saturated carbocycles. The van der Waals surface area contributed by atoms with E-state index in [-0.39, 0.29) is 0 Å². The topological polar surface area (TPSA) is 44.2 Å². The van der Waals surface area contributed by atoms with Crippen molar-refractivity contribution in [3.05, 3.63) is 72.3 Å². The molecule has 4 nitrogen and oxygen atoms in total. The maximum Gasteiger partial charge on any atom is 0.205 e. The molecule has 0 saturated heterocycles. The third-order valence-electron chi connectivity index (χ3n) is 7.05. The van der Waals surface area contributed by atoms with Gasteiger partial charge in [0.2, 0.25) is 5.82 Å². The molecule has 214 valence electrons. The fraction of sp³-hybridized carbons (Fsp3) is 0.500. The predicted molar refractivity (Wildman–Crippen MR) is 167 cm³/mol. The van der Waals surface area contributed by atoms with Gasteiger partial charge in [-0.3, -0.25) is 0 Å². The molecular weight excluding hydrogens is 492 g/mol. The Kier molecular flexibility index (Phi) is 15.4. The van der Waals surface area contributed by atoms with Crippen molar-refractivity contribution in [2.45, 2.75) is 104 Å². The molecule has 1 aromatic heterocycles. The molecular formula is C36H48N2O2. The summed E-state index contributed by atoms with van der Waals surface area (Å²) in [6.07, 6.45) is 21.7. The van der Waals surface area contributed by atoms with E-state index in [1.54, 1.807) is 0 Å². The lowest BCUT2D eigenvalue weighted by molar-refractivity contribution is 0.304. The maximum absolute atomic E-state index is 5.93. The molecule has 0 unspecified atom stereocenters.